The molecule has 0 aromatic heterocycles. The molecule has 0 aliphatic heterocycles. The Balaban J connectivity index is 1.88. The summed E-state index contributed by atoms with van der Waals surface area (Å²) in [5.41, 5.74) is 8.95. The van der Waals surface area contributed by atoms with E-state index in [9.17, 15) is 0 Å². The fourth-order valence-electron chi connectivity index (χ4n) is 1.50. The summed E-state index contributed by atoms with van der Waals surface area (Å²) < 4.78 is 0. The maximum atomic E-state index is 5.43. The van der Waals surface area contributed by atoms with Crippen molar-refractivity contribution in [2.24, 2.45) is 11.7 Å². The lowest BCUT2D eigenvalue weighted by Gasteiger charge is -1.85. The van der Waals surface area contributed by atoms with E-state index >= 15 is 0 Å². The summed E-state index contributed by atoms with van der Waals surface area (Å²) in [7, 11) is 0. The zero-order valence-electron chi connectivity index (χ0n) is 5.69. The zero-order chi connectivity index (χ0) is 6.27. The maximum Gasteiger partial charge on any atom is -0.00714 e. The molecule has 1 unspecified atom stereocenters. The predicted octanol–water partition coefficient (Wildman–Crippen LogP) is 1.45. The molecule has 2 rings (SSSR count). The van der Waals surface area contributed by atoms with E-state index in [2.05, 4.69) is 0 Å². The zero-order valence-corrected chi connectivity index (χ0v) is 5.69. The standard InChI is InChI=1S/C8H13N/c9-4-3-7-5-8(7)6-1-2-6/h7H,1-5,9H2. The van der Waals surface area contributed by atoms with Gasteiger partial charge in [0, 0.05) is 0 Å². The molecule has 0 heterocycles. The first kappa shape index (κ1) is 5.48. The summed E-state index contributed by atoms with van der Waals surface area (Å²) in [6.45, 7) is 0.876. The first-order chi connectivity index (χ1) is 4.42. The highest BCUT2D eigenvalue weighted by Crippen LogP contribution is 2.49. The van der Waals surface area contributed by atoms with Gasteiger partial charge in [-0.15, -0.1) is 0 Å². The van der Waals surface area contributed by atoms with Crippen LogP contribution in [0.5, 0.6) is 0 Å². The Morgan fingerprint density at radius 1 is 1.44 bits per heavy atom. The summed E-state index contributed by atoms with van der Waals surface area (Å²) in [5, 5.41) is 0. The van der Waals surface area contributed by atoms with Gasteiger partial charge in [0.25, 0.3) is 0 Å². The van der Waals surface area contributed by atoms with E-state index in [1.807, 2.05) is 0 Å². The number of hydrogen-bond acceptors (Lipinski definition) is 1. The molecular weight excluding hydrogens is 110 g/mol. The van der Waals surface area contributed by atoms with Gasteiger partial charge >= 0.3 is 0 Å². The molecule has 1 heteroatoms. The van der Waals surface area contributed by atoms with Gasteiger partial charge in [0.1, 0.15) is 0 Å². The fraction of sp³-hybridized carbons (Fsp3) is 0.750. The topological polar surface area (TPSA) is 26.0 Å². The maximum absolute atomic E-state index is 5.43. The van der Waals surface area contributed by atoms with Gasteiger partial charge in [-0.05, 0) is 38.1 Å². The van der Waals surface area contributed by atoms with Crippen molar-refractivity contribution in [2.75, 3.05) is 6.54 Å². The normalized spacial score (nSPS) is 31.0. The van der Waals surface area contributed by atoms with Gasteiger partial charge < -0.3 is 5.73 Å². The average Bonchev–Trinajstić information content (AvgIpc) is 2.58. The monoisotopic (exact) mass is 123 g/mol. The molecule has 1 nitrogen and oxygen atoms in total. The second kappa shape index (κ2) is 1.84. The van der Waals surface area contributed by atoms with Crippen LogP contribution in [-0.4, -0.2) is 6.54 Å². The molecule has 50 valence electrons. The third kappa shape index (κ3) is 1.01. The van der Waals surface area contributed by atoms with Crippen molar-refractivity contribution in [2.45, 2.75) is 25.7 Å². The van der Waals surface area contributed by atoms with E-state index < -0.39 is 0 Å². The van der Waals surface area contributed by atoms with Crippen LogP contribution in [0, 0.1) is 5.92 Å². The van der Waals surface area contributed by atoms with Gasteiger partial charge in [-0.25, -0.2) is 0 Å². The van der Waals surface area contributed by atoms with E-state index in [1.54, 1.807) is 11.1 Å². The molecule has 2 N–H and O–H groups in total. The van der Waals surface area contributed by atoms with E-state index in [0.717, 1.165) is 12.5 Å². The SMILES string of the molecule is NCCC1CC1=C1CC1. The smallest absolute Gasteiger partial charge is 0.00714 e. The molecule has 0 aromatic carbocycles. The molecule has 2 aliphatic rings. The molecule has 2 saturated carbocycles. The number of allylic oxidation sites excluding steroid dienone is 2. The first-order valence-corrected chi connectivity index (χ1v) is 3.82. The Morgan fingerprint density at radius 3 is 2.78 bits per heavy atom. The molecular formula is C8H13N. The lowest BCUT2D eigenvalue weighted by atomic mass is 10.3. The van der Waals surface area contributed by atoms with Gasteiger partial charge in [0.2, 0.25) is 0 Å². The highest BCUT2D eigenvalue weighted by Gasteiger charge is 2.34. The number of rotatable bonds is 2. The lowest BCUT2D eigenvalue weighted by molar-refractivity contribution is 0.759. The van der Waals surface area contributed by atoms with Crippen LogP contribution >= 0.6 is 0 Å². The predicted molar refractivity (Wildman–Crippen MR) is 38.0 cm³/mol. The van der Waals surface area contributed by atoms with Crippen molar-refractivity contribution in [1.82, 2.24) is 0 Å². The fourth-order valence-corrected chi connectivity index (χ4v) is 1.50. The molecule has 1 atom stereocenters. The summed E-state index contributed by atoms with van der Waals surface area (Å²) in [4.78, 5) is 0. The molecule has 2 aliphatic carbocycles. The van der Waals surface area contributed by atoms with E-state index in [0.29, 0.717) is 0 Å². The van der Waals surface area contributed by atoms with Gasteiger partial charge in [-0.2, -0.15) is 0 Å². The van der Waals surface area contributed by atoms with Gasteiger partial charge in [-0.3, -0.25) is 0 Å². The highest BCUT2D eigenvalue weighted by molar-refractivity contribution is 5.36. The van der Waals surface area contributed by atoms with Crippen molar-refractivity contribution in [3.63, 3.8) is 0 Å². The molecule has 0 aromatic rings. The average molecular weight is 123 g/mol. The van der Waals surface area contributed by atoms with Crippen LogP contribution in [0.2, 0.25) is 0 Å². The van der Waals surface area contributed by atoms with Gasteiger partial charge in [0.05, 0.1) is 0 Å². The molecule has 0 saturated heterocycles. The Kier molecular flexibility index (Phi) is 1.12. The van der Waals surface area contributed by atoms with Crippen LogP contribution in [0.25, 0.3) is 0 Å². The van der Waals surface area contributed by atoms with Crippen LogP contribution < -0.4 is 5.73 Å². The Labute approximate surface area is 55.9 Å². The lowest BCUT2D eigenvalue weighted by Crippen LogP contribution is -1.98. The summed E-state index contributed by atoms with van der Waals surface area (Å²) >= 11 is 0. The molecule has 0 spiro atoms. The molecule has 9 heavy (non-hydrogen) atoms. The summed E-state index contributed by atoms with van der Waals surface area (Å²) in [6.07, 6.45) is 5.41. The third-order valence-corrected chi connectivity index (χ3v) is 2.27. The number of hydrogen-bond donors (Lipinski definition) is 1. The second-order valence-electron chi connectivity index (χ2n) is 3.11. The second-order valence-corrected chi connectivity index (χ2v) is 3.11. The minimum Gasteiger partial charge on any atom is -0.330 e. The largest absolute Gasteiger partial charge is 0.330 e. The van der Waals surface area contributed by atoms with Crippen LogP contribution in [0.3, 0.4) is 0 Å². The summed E-state index contributed by atoms with van der Waals surface area (Å²) in [6, 6.07) is 0. The molecule has 0 amide bonds. The van der Waals surface area contributed by atoms with Crippen molar-refractivity contribution < 1.29 is 0 Å². The minimum absolute atomic E-state index is 0.876. The van der Waals surface area contributed by atoms with Crippen LogP contribution in [-0.2, 0) is 0 Å². The Morgan fingerprint density at radius 2 is 2.22 bits per heavy atom. The highest BCUT2D eigenvalue weighted by atomic mass is 14.5. The van der Waals surface area contributed by atoms with Crippen LogP contribution in [0.1, 0.15) is 25.7 Å². The summed E-state index contributed by atoms with van der Waals surface area (Å²) in [5.74, 6) is 0.924. The van der Waals surface area contributed by atoms with Gasteiger partial charge in [-0.1, -0.05) is 11.1 Å². The van der Waals surface area contributed by atoms with Crippen molar-refractivity contribution in [3.8, 4) is 0 Å². The first-order valence-electron chi connectivity index (χ1n) is 3.82. The Hall–Kier alpha value is -0.300. The van der Waals surface area contributed by atoms with Crippen molar-refractivity contribution >= 4 is 0 Å². The van der Waals surface area contributed by atoms with E-state index in [1.165, 1.54) is 25.7 Å². The molecule has 2 fully saturated rings. The minimum atomic E-state index is 0.876. The Bertz CT molecular complexity index is 152. The van der Waals surface area contributed by atoms with Crippen molar-refractivity contribution in [3.05, 3.63) is 11.1 Å². The molecule has 0 radical (unpaired) electrons. The van der Waals surface area contributed by atoms with Gasteiger partial charge in [0.15, 0.2) is 0 Å². The quantitative estimate of drug-likeness (QED) is 0.552. The third-order valence-electron chi connectivity index (χ3n) is 2.27. The van der Waals surface area contributed by atoms with Crippen LogP contribution in [0.4, 0.5) is 0 Å². The van der Waals surface area contributed by atoms with Crippen LogP contribution in [0.15, 0.2) is 11.1 Å². The van der Waals surface area contributed by atoms with E-state index in [4.69, 9.17) is 5.73 Å². The number of nitrogens with two attached hydrogens (primary N) is 1. The van der Waals surface area contributed by atoms with E-state index in [-0.39, 0.29) is 0 Å². The molecule has 0 bridgehead atoms. The van der Waals surface area contributed by atoms with Crippen molar-refractivity contribution in [1.29, 1.82) is 0 Å².